The van der Waals surface area contributed by atoms with Crippen LogP contribution >= 0.6 is 0 Å². The summed E-state index contributed by atoms with van der Waals surface area (Å²) in [6, 6.07) is 0. The Balaban J connectivity index is 2.42. The van der Waals surface area contributed by atoms with Crippen LogP contribution in [0.25, 0.3) is 0 Å². The number of imidazole rings is 1. The Kier molecular flexibility index (Phi) is 5.49. The summed E-state index contributed by atoms with van der Waals surface area (Å²) in [4.78, 5) is 4.25. The van der Waals surface area contributed by atoms with E-state index in [-0.39, 0.29) is 6.10 Å². The van der Waals surface area contributed by atoms with Gasteiger partial charge in [-0.05, 0) is 20.3 Å². The zero-order chi connectivity index (χ0) is 12.0. The van der Waals surface area contributed by atoms with Crippen LogP contribution in [0.15, 0.2) is 12.4 Å². The van der Waals surface area contributed by atoms with Crippen molar-refractivity contribution in [1.29, 1.82) is 0 Å². The standard InChI is InChI=1S/C12H22N2O2/c1-4-6-14-7-5-13-12(14)8-11(15)9-16-10(2)3/h5,7,10-11,15H,4,6,8-9H2,1-3H3. The number of aryl methyl sites for hydroxylation is 1. The van der Waals surface area contributed by atoms with E-state index in [2.05, 4.69) is 16.5 Å². The summed E-state index contributed by atoms with van der Waals surface area (Å²) in [6.07, 6.45) is 5.04. The minimum Gasteiger partial charge on any atom is -0.390 e. The van der Waals surface area contributed by atoms with Gasteiger partial charge in [0, 0.05) is 25.4 Å². The number of aromatic nitrogens is 2. The largest absolute Gasteiger partial charge is 0.390 e. The van der Waals surface area contributed by atoms with E-state index >= 15 is 0 Å². The van der Waals surface area contributed by atoms with Gasteiger partial charge in [-0.25, -0.2) is 4.98 Å². The quantitative estimate of drug-likeness (QED) is 0.768. The molecule has 0 saturated carbocycles. The molecular weight excluding hydrogens is 204 g/mol. The highest BCUT2D eigenvalue weighted by atomic mass is 16.5. The van der Waals surface area contributed by atoms with Crippen molar-refractivity contribution in [2.24, 2.45) is 0 Å². The molecule has 1 aromatic rings. The molecule has 1 N–H and O–H groups in total. The molecule has 0 fully saturated rings. The van der Waals surface area contributed by atoms with Gasteiger partial charge in [0.15, 0.2) is 0 Å². The fourth-order valence-corrected chi connectivity index (χ4v) is 1.55. The minimum absolute atomic E-state index is 0.157. The second kappa shape index (κ2) is 6.66. The minimum atomic E-state index is -0.472. The second-order valence-electron chi connectivity index (χ2n) is 4.28. The fraction of sp³-hybridized carbons (Fsp3) is 0.750. The van der Waals surface area contributed by atoms with Crippen molar-refractivity contribution in [3.8, 4) is 0 Å². The Hall–Kier alpha value is -0.870. The third kappa shape index (κ3) is 4.33. The molecule has 0 saturated heterocycles. The summed E-state index contributed by atoms with van der Waals surface area (Å²) in [5.74, 6) is 0.932. The Bertz CT molecular complexity index is 297. The zero-order valence-electron chi connectivity index (χ0n) is 10.4. The lowest BCUT2D eigenvalue weighted by atomic mass is 10.2. The molecule has 0 aromatic carbocycles. The van der Waals surface area contributed by atoms with Crippen molar-refractivity contribution < 1.29 is 9.84 Å². The normalized spacial score (nSPS) is 13.3. The Morgan fingerprint density at radius 1 is 1.50 bits per heavy atom. The average Bonchev–Trinajstić information content (AvgIpc) is 2.63. The van der Waals surface area contributed by atoms with Gasteiger partial charge in [-0.1, -0.05) is 6.92 Å². The molecule has 1 atom stereocenters. The van der Waals surface area contributed by atoms with Crippen LogP contribution < -0.4 is 0 Å². The topological polar surface area (TPSA) is 47.3 Å². The van der Waals surface area contributed by atoms with Gasteiger partial charge < -0.3 is 14.4 Å². The van der Waals surface area contributed by atoms with E-state index in [1.165, 1.54) is 0 Å². The molecule has 1 unspecified atom stereocenters. The molecule has 1 heterocycles. The van der Waals surface area contributed by atoms with Gasteiger partial charge >= 0.3 is 0 Å². The number of ether oxygens (including phenoxy) is 1. The second-order valence-corrected chi connectivity index (χ2v) is 4.28. The highest BCUT2D eigenvalue weighted by Gasteiger charge is 2.10. The van der Waals surface area contributed by atoms with Gasteiger partial charge in [-0.2, -0.15) is 0 Å². The van der Waals surface area contributed by atoms with Crippen molar-refractivity contribution >= 4 is 0 Å². The molecule has 4 nitrogen and oxygen atoms in total. The molecule has 1 rings (SSSR count). The Labute approximate surface area is 97.3 Å². The third-order valence-corrected chi connectivity index (χ3v) is 2.31. The number of aliphatic hydroxyl groups excluding tert-OH is 1. The average molecular weight is 226 g/mol. The van der Waals surface area contributed by atoms with E-state index in [0.29, 0.717) is 13.0 Å². The highest BCUT2D eigenvalue weighted by molar-refractivity contribution is 4.94. The maximum Gasteiger partial charge on any atom is 0.111 e. The first-order valence-electron chi connectivity index (χ1n) is 5.93. The molecule has 92 valence electrons. The van der Waals surface area contributed by atoms with E-state index in [9.17, 15) is 5.11 Å². The van der Waals surface area contributed by atoms with Crippen molar-refractivity contribution in [3.63, 3.8) is 0 Å². The van der Waals surface area contributed by atoms with Crippen LogP contribution in [0.5, 0.6) is 0 Å². The number of aliphatic hydroxyl groups is 1. The molecule has 0 aliphatic heterocycles. The molecule has 1 aromatic heterocycles. The molecular formula is C12H22N2O2. The van der Waals surface area contributed by atoms with Crippen LogP contribution in [-0.2, 0) is 17.7 Å². The van der Waals surface area contributed by atoms with Crippen LogP contribution in [-0.4, -0.2) is 33.5 Å². The number of hydrogen-bond acceptors (Lipinski definition) is 3. The van der Waals surface area contributed by atoms with E-state index in [1.807, 2.05) is 20.0 Å². The molecule has 4 heteroatoms. The van der Waals surface area contributed by atoms with Crippen LogP contribution in [0, 0.1) is 0 Å². The van der Waals surface area contributed by atoms with Gasteiger partial charge in [-0.3, -0.25) is 0 Å². The van der Waals surface area contributed by atoms with Crippen LogP contribution in [0.3, 0.4) is 0 Å². The van der Waals surface area contributed by atoms with Gasteiger partial charge in [0.25, 0.3) is 0 Å². The number of nitrogens with zero attached hydrogens (tertiary/aromatic N) is 2. The summed E-state index contributed by atoms with van der Waals surface area (Å²) < 4.78 is 7.45. The predicted molar refractivity (Wildman–Crippen MR) is 63.3 cm³/mol. The lowest BCUT2D eigenvalue weighted by Gasteiger charge is -2.14. The van der Waals surface area contributed by atoms with Crippen LogP contribution in [0.4, 0.5) is 0 Å². The monoisotopic (exact) mass is 226 g/mol. The SMILES string of the molecule is CCCn1ccnc1CC(O)COC(C)C. The molecule has 0 bridgehead atoms. The fourth-order valence-electron chi connectivity index (χ4n) is 1.55. The van der Waals surface area contributed by atoms with Crippen LogP contribution in [0.1, 0.15) is 33.0 Å². The van der Waals surface area contributed by atoms with Gasteiger partial charge in [-0.15, -0.1) is 0 Å². The van der Waals surface area contributed by atoms with Gasteiger partial charge in [0.1, 0.15) is 5.82 Å². The maximum atomic E-state index is 9.78. The summed E-state index contributed by atoms with van der Waals surface area (Å²) in [5.41, 5.74) is 0. The third-order valence-electron chi connectivity index (χ3n) is 2.31. The van der Waals surface area contributed by atoms with Crippen molar-refractivity contribution in [2.45, 2.75) is 52.4 Å². The van der Waals surface area contributed by atoms with E-state index in [1.54, 1.807) is 6.20 Å². The summed E-state index contributed by atoms with van der Waals surface area (Å²) in [7, 11) is 0. The smallest absolute Gasteiger partial charge is 0.111 e. The molecule has 0 aliphatic rings. The molecule has 16 heavy (non-hydrogen) atoms. The predicted octanol–water partition coefficient (Wildman–Crippen LogP) is 1.62. The van der Waals surface area contributed by atoms with Crippen molar-refractivity contribution in [2.75, 3.05) is 6.61 Å². The van der Waals surface area contributed by atoms with Gasteiger partial charge in [0.2, 0.25) is 0 Å². The lowest BCUT2D eigenvalue weighted by Crippen LogP contribution is -2.22. The molecule has 0 amide bonds. The first-order chi connectivity index (χ1) is 7.63. The summed E-state index contributed by atoms with van der Waals surface area (Å²) in [5, 5.41) is 9.78. The van der Waals surface area contributed by atoms with E-state index in [0.717, 1.165) is 18.8 Å². The Morgan fingerprint density at radius 2 is 2.25 bits per heavy atom. The summed E-state index contributed by atoms with van der Waals surface area (Å²) in [6.45, 7) is 7.38. The maximum absolute atomic E-state index is 9.78. The molecule has 0 spiro atoms. The zero-order valence-corrected chi connectivity index (χ0v) is 10.4. The van der Waals surface area contributed by atoms with Crippen molar-refractivity contribution in [1.82, 2.24) is 9.55 Å². The van der Waals surface area contributed by atoms with E-state index in [4.69, 9.17) is 4.74 Å². The lowest BCUT2D eigenvalue weighted by molar-refractivity contribution is 0.00519. The Morgan fingerprint density at radius 3 is 2.88 bits per heavy atom. The van der Waals surface area contributed by atoms with E-state index < -0.39 is 6.10 Å². The molecule has 0 aliphatic carbocycles. The molecule has 0 radical (unpaired) electrons. The number of hydrogen-bond donors (Lipinski definition) is 1. The van der Waals surface area contributed by atoms with Crippen LogP contribution in [0.2, 0.25) is 0 Å². The highest BCUT2D eigenvalue weighted by Crippen LogP contribution is 2.04. The first-order valence-corrected chi connectivity index (χ1v) is 5.93. The first kappa shape index (κ1) is 13.2. The summed E-state index contributed by atoms with van der Waals surface area (Å²) >= 11 is 0. The van der Waals surface area contributed by atoms with Crippen molar-refractivity contribution in [3.05, 3.63) is 18.2 Å². The van der Waals surface area contributed by atoms with Gasteiger partial charge in [0.05, 0.1) is 18.8 Å². The number of rotatable bonds is 7.